The van der Waals surface area contributed by atoms with Gasteiger partial charge in [-0.05, 0) is 50.6 Å². The molecular formula is C24H34N4O5S. The number of nitrogens with zero attached hydrogens (tertiary/aromatic N) is 3. The van der Waals surface area contributed by atoms with E-state index in [9.17, 15) is 18.0 Å². The van der Waals surface area contributed by atoms with Gasteiger partial charge in [-0.3, -0.25) is 9.59 Å². The Morgan fingerprint density at radius 3 is 2.21 bits per heavy atom. The van der Waals surface area contributed by atoms with E-state index in [0.717, 1.165) is 14.2 Å². The third kappa shape index (κ3) is 6.94. The van der Waals surface area contributed by atoms with Gasteiger partial charge < -0.3 is 15.0 Å². The zero-order valence-corrected chi connectivity index (χ0v) is 21.4. The molecule has 0 aliphatic heterocycles. The topological polar surface area (TPSA) is 99.3 Å². The number of anilines is 1. The van der Waals surface area contributed by atoms with Gasteiger partial charge in [-0.1, -0.05) is 30.3 Å². The summed E-state index contributed by atoms with van der Waals surface area (Å²) >= 11 is 0. The van der Waals surface area contributed by atoms with Gasteiger partial charge >= 0.3 is 10.2 Å². The van der Waals surface area contributed by atoms with Gasteiger partial charge in [0.2, 0.25) is 11.8 Å². The molecule has 0 radical (unpaired) electrons. The fourth-order valence-electron chi connectivity index (χ4n) is 3.27. The van der Waals surface area contributed by atoms with Crippen molar-refractivity contribution in [2.45, 2.75) is 39.4 Å². The molecule has 1 unspecified atom stereocenters. The van der Waals surface area contributed by atoms with Crippen LogP contribution < -0.4 is 14.4 Å². The summed E-state index contributed by atoms with van der Waals surface area (Å²) in [5.74, 6) is -0.221. The van der Waals surface area contributed by atoms with E-state index in [1.165, 1.54) is 19.0 Å². The maximum Gasteiger partial charge on any atom is 0.304 e. The summed E-state index contributed by atoms with van der Waals surface area (Å²) in [6.45, 7) is 4.93. The molecule has 0 aliphatic carbocycles. The maximum absolute atomic E-state index is 13.6. The quantitative estimate of drug-likeness (QED) is 0.521. The standard InChI is InChI=1S/C24H34N4O5S/c1-18(2)25-24(30)19(3)27(16-20-11-10-14-22(15-20)33-6)23(29)17-28(34(31,32)26(4)5)21-12-8-7-9-13-21/h7-15,18-19H,16-17H2,1-6H3,(H,25,30). The molecule has 0 aromatic heterocycles. The van der Waals surface area contributed by atoms with Gasteiger partial charge in [-0.15, -0.1) is 0 Å². The molecule has 34 heavy (non-hydrogen) atoms. The van der Waals surface area contributed by atoms with E-state index >= 15 is 0 Å². The van der Waals surface area contributed by atoms with Crippen LogP contribution in [0.1, 0.15) is 26.3 Å². The number of ether oxygens (including phenoxy) is 1. The van der Waals surface area contributed by atoms with E-state index < -0.39 is 28.7 Å². The first kappa shape index (κ1) is 27.1. The molecule has 2 rings (SSSR count). The number of methoxy groups -OCH3 is 1. The van der Waals surface area contributed by atoms with Crippen LogP contribution >= 0.6 is 0 Å². The number of hydrogen-bond donors (Lipinski definition) is 1. The first-order valence-electron chi connectivity index (χ1n) is 10.9. The summed E-state index contributed by atoms with van der Waals surface area (Å²) in [5, 5.41) is 2.82. The number of carbonyl (C=O) groups excluding carboxylic acids is 2. The van der Waals surface area contributed by atoms with Gasteiger partial charge in [0.15, 0.2) is 0 Å². The third-order valence-corrected chi connectivity index (χ3v) is 6.97. The second kappa shape index (κ2) is 11.8. The number of amides is 2. The SMILES string of the molecule is COc1cccc(CN(C(=O)CN(c2ccccc2)S(=O)(=O)N(C)C)C(C)C(=O)NC(C)C)c1. The van der Waals surface area contributed by atoms with Crippen molar-refractivity contribution >= 4 is 27.7 Å². The van der Waals surface area contributed by atoms with Crippen molar-refractivity contribution in [2.24, 2.45) is 0 Å². The summed E-state index contributed by atoms with van der Waals surface area (Å²) < 4.78 is 33.5. The highest BCUT2D eigenvalue weighted by Gasteiger charge is 2.32. The lowest BCUT2D eigenvalue weighted by molar-refractivity contribution is -0.139. The van der Waals surface area contributed by atoms with Crippen LogP contribution in [0.5, 0.6) is 5.75 Å². The summed E-state index contributed by atoms with van der Waals surface area (Å²) in [6.07, 6.45) is 0. The zero-order chi connectivity index (χ0) is 25.5. The monoisotopic (exact) mass is 490 g/mol. The van der Waals surface area contributed by atoms with Crippen molar-refractivity contribution in [1.82, 2.24) is 14.5 Å². The van der Waals surface area contributed by atoms with Crippen molar-refractivity contribution in [3.8, 4) is 5.75 Å². The summed E-state index contributed by atoms with van der Waals surface area (Å²) in [6, 6.07) is 14.6. The fraction of sp³-hybridized carbons (Fsp3) is 0.417. The molecule has 2 aromatic carbocycles. The lowest BCUT2D eigenvalue weighted by atomic mass is 10.1. The lowest BCUT2D eigenvalue weighted by Gasteiger charge is -2.33. The van der Waals surface area contributed by atoms with Crippen LogP contribution in [-0.4, -0.2) is 69.3 Å². The van der Waals surface area contributed by atoms with Crippen molar-refractivity contribution in [2.75, 3.05) is 32.1 Å². The van der Waals surface area contributed by atoms with E-state index in [2.05, 4.69) is 5.32 Å². The van der Waals surface area contributed by atoms with Crippen LogP contribution in [-0.2, 0) is 26.3 Å². The minimum atomic E-state index is -3.97. The van der Waals surface area contributed by atoms with E-state index in [-0.39, 0.29) is 18.5 Å². The molecule has 0 heterocycles. The average molecular weight is 491 g/mol. The van der Waals surface area contributed by atoms with Gasteiger partial charge in [-0.25, -0.2) is 4.31 Å². The molecule has 1 N–H and O–H groups in total. The highest BCUT2D eigenvalue weighted by molar-refractivity contribution is 7.90. The van der Waals surface area contributed by atoms with Crippen LogP contribution in [0.25, 0.3) is 0 Å². The average Bonchev–Trinajstić information content (AvgIpc) is 2.80. The molecule has 1 atom stereocenters. The molecule has 0 saturated carbocycles. The summed E-state index contributed by atoms with van der Waals surface area (Å²) in [4.78, 5) is 27.8. The molecule has 186 valence electrons. The number of nitrogens with one attached hydrogen (secondary N) is 1. The predicted octanol–water partition coefficient (Wildman–Crippen LogP) is 2.25. The smallest absolute Gasteiger partial charge is 0.304 e. The molecular weight excluding hydrogens is 456 g/mol. The summed E-state index contributed by atoms with van der Waals surface area (Å²) in [7, 11) is 0.386. The minimum absolute atomic E-state index is 0.105. The Kier molecular flexibility index (Phi) is 9.46. The van der Waals surface area contributed by atoms with Gasteiger partial charge in [0, 0.05) is 26.7 Å². The number of para-hydroxylation sites is 1. The van der Waals surface area contributed by atoms with Crippen LogP contribution in [0.4, 0.5) is 5.69 Å². The van der Waals surface area contributed by atoms with Gasteiger partial charge in [0.25, 0.3) is 0 Å². The second-order valence-electron chi connectivity index (χ2n) is 8.34. The molecule has 10 heteroatoms. The Morgan fingerprint density at radius 2 is 1.65 bits per heavy atom. The van der Waals surface area contributed by atoms with E-state index in [1.54, 1.807) is 62.6 Å². The Bertz CT molecular complexity index is 1070. The van der Waals surface area contributed by atoms with Gasteiger partial charge in [-0.2, -0.15) is 12.7 Å². The Morgan fingerprint density at radius 1 is 1.00 bits per heavy atom. The molecule has 0 saturated heterocycles. The zero-order valence-electron chi connectivity index (χ0n) is 20.6. The minimum Gasteiger partial charge on any atom is -0.497 e. The second-order valence-corrected chi connectivity index (χ2v) is 10.4. The number of hydrogen-bond acceptors (Lipinski definition) is 5. The van der Waals surface area contributed by atoms with Gasteiger partial charge in [0.1, 0.15) is 18.3 Å². The van der Waals surface area contributed by atoms with Crippen molar-refractivity contribution in [3.05, 3.63) is 60.2 Å². The van der Waals surface area contributed by atoms with Gasteiger partial charge in [0.05, 0.1) is 12.8 Å². The predicted molar refractivity (Wildman–Crippen MR) is 133 cm³/mol. The number of carbonyl (C=O) groups is 2. The largest absolute Gasteiger partial charge is 0.497 e. The fourth-order valence-corrected chi connectivity index (χ4v) is 4.32. The van der Waals surface area contributed by atoms with Crippen LogP contribution in [0.3, 0.4) is 0 Å². The van der Waals surface area contributed by atoms with Crippen LogP contribution in [0.2, 0.25) is 0 Å². The molecule has 2 amide bonds. The highest BCUT2D eigenvalue weighted by Crippen LogP contribution is 2.21. The van der Waals surface area contributed by atoms with Crippen molar-refractivity contribution < 1.29 is 22.7 Å². The molecule has 2 aromatic rings. The molecule has 0 bridgehead atoms. The van der Waals surface area contributed by atoms with E-state index in [4.69, 9.17) is 4.74 Å². The van der Waals surface area contributed by atoms with Crippen LogP contribution in [0, 0.1) is 0 Å². The Labute approximate surface area is 202 Å². The summed E-state index contributed by atoms with van der Waals surface area (Å²) in [5.41, 5.74) is 1.10. The van der Waals surface area contributed by atoms with E-state index in [1.807, 2.05) is 19.9 Å². The molecule has 0 aliphatic rings. The normalized spacial score (nSPS) is 12.4. The maximum atomic E-state index is 13.6. The Hall–Kier alpha value is -3.11. The first-order chi connectivity index (χ1) is 16.0. The van der Waals surface area contributed by atoms with Crippen LogP contribution in [0.15, 0.2) is 54.6 Å². The van der Waals surface area contributed by atoms with E-state index in [0.29, 0.717) is 11.4 Å². The number of benzene rings is 2. The lowest BCUT2D eigenvalue weighted by Crippen LogP contribution is -2.53. The molecule has 0 fully saturated rings. The number of rotatable bonds is 11. The highest BCUT2D eigenvalue weighted by atomic mass is 32.2. The molecule has 0 spiro atoms. The van der Waals surface area contributed by atoms with Crippen molar-refractivity contribution in [1.29, 1.82) is 0 Å². The van der Waals surface area contributed by atoms with Crippen molar-refractivity contribution in [3.63, 3.8) is 0 Å². The first-order valence-corrected chi connectivity index (χ1v) is 12.3. The Balaban J connectivity index is 2.44. The third-order valence-electron chi connectivity index (χ3n) is 5.15. The molecule has 9 nitrogen and oxygen atoms in total.